The van der Waals surface area contributed by atoms with Gasteiger partial charge < -0.3 is 15.0 Å². The van der Waals surface area contributed by atoms with Crippen LogP contribution in [0.4, 0.5) is 5.13 Å². The molecule has 0 aliphatic rings. The first-order chi connectivity index (χ1) is 14.0. The van der Waals surface area contributed by atoms with E-state index in [1.54, 1.807) is 17.0 Å². The molecule has 6 nitrogen and oxygen atoms in total. The summed E-state index contributed by atoms with van der Waals surface area (Å²) in [7, 11) is 0. The Balaban J connectivity index is 2.01. The molecule has 1 aromatic carbocycles. The minimum Gasteiger partial charge on any atom is -0.494 e. The van der Waals surface area contributed by atoms with E-state index in [4.69, 9.17) is 4.74 Å². The molecule has 158 valence electrons. The van der Waals surface area contributed by atoms with Gasteiger partial charge in [-0.3, -0.25) is 9.59 Å². The van der Waals surface area contributed by atoms with E-state index in [-0.39, 0.29) is 18.4 Å². The van der Waals surface area contributed by atoms with E-state index < -0.39 is 0 Å². The normalized spacial score (nSPS) is 10.6. The second-order valence-corrected chi connectivity index (χ2v) is 7.86. The lowest BCUT2D eigenvalue weighted by Gasteiger charge is -2.22. The standard InChI is InChI=1S/C22H31N3O3S/c1-4-6-8-13-25(15-20(26)24-22-23-17(3)16-29-22)21(27)18-9-11-19(12-10-18)28-14-7-5-2/h9-12,16H,4-8,13-15H2,1-3H3,(H,23,24,26). The molecule has 0 bridgehead atoms. The molecule has 2 aromatic rings. The number of thiazole rings is 1. The molecule has 0 radical (unpaired) electrons. The highest BCUT2D eigenvalue weighted by molar-refractivity contribution is 7.13. The van der Waals surface area contributed by atoms with Crippen LogP contribution in [0.2, 0.25) is 0 Å². The molecule has 0 aliphatic carbocycles. The molecule has 0 fully saturated rings. The second kappa shape index (κ2) is 12.2. The van der Waals surface area contributed by atoms with Crippen LogP contribution < -0.4 is 10.1 Å². The predicted molar refractivity (Wildman–Crippen MR) is 118 cm³/mol. The lowest BCUT2D eigenvalue weighted by atomic mass is 10.1. The summed E-state index contributed by atoms with van der Waals surface area (Å²) in [4.78, 5) is 31.3. The van der Waals surface area contributed by atoms with Crippen molar-refractivity contribution in [3.05, 3.63) is 40.9 Å². The average molecular weight is 418 g/mol. The maximum Gasteiger partial charge on any atom is 0.254 e. The Kier molecular flexibility index (Phi) is 9.64. The van der Waals surface area contributed by atoms with Crippen molar-refractivity contribution in [2.45, 2.75) is 52.9 Å². The van der Waals surface area contributed by atoms with Gasteiger partial charge in [-0.05, 0) is 44.0 Å². The zero-order valence-electron chi connectivity index (χ0n) is 17.6. The molecule has 0 saturated carbocycles. The summed E-state index contributed by atoms with van der Waals surface area (Å²) in [5.74, 6) is 0.375. The molecular formula is C22H31N3O3S. The third kappa shape index (κ3) is 7.85. The van der Waals surface area contributed by atoms with Gasteiger partial charge in [0.15, 0.2) is 5.13 Å². The van der Waals surface area contributed by atoms with E-state index in [0.29, 0.717) is 23.8 Å². The molecule has 29 heavy (non-hydrogen) atoms. The van der Waals surface area contributed by atoms with Gasteiger partial charge >= 0.3 is 0 Å². The van der Waals surface area contributed by atoms with E-state index in [2.05, 4.69) is 24.1 Å². The summed E-state index contributed by atoms with van der Waals surface area (Å²) in [5, 5.41) is 5.22. The van der Waals surface area contributed by atoms with E-state index >= 15 is 0 Å². The monoisotopic (exact) mass is 417 g/mol. The molecule has 2 amide bonds. The largest absolute Gasteiger partial charge is 0.494 e. The zero-order valence-corrected chi connectivity index (χ0v) is 18.4. The number of aromatic nitrogens is 1. The van der Waals surface area contributed by atoms with Gasteiger partial charge in [0.2, 0.25) is 5.91 Å². The summed E-state index contributed by atoms with van der Waals surface area (Å²) in [5.41, 5.74) is 1.42. The number of carbonyl (C=O) groups is 2. The number of amides is 2. The van der Waals surface area contributed by atoms with Crippen LogP contribution in [0, 0.1) is 6.92 Å². The third-order valence-corrected chi connectivity index (χ3v) is 5.26. The van der Waals surface area contributed by atoms with Crippen LogP contribution >= 0.6 is 11.3 Å². The highest BCUT2D eigenvalue weighted by atomic mass is 32.1. The van der Waals surface area contributed by atoms with Crippen molar-refractivity contribution in [1.82, 2.24) is 9.88 Å². The fourth-order valence-electron chi connectivity index (χ4n) is 2.76. The Morgan fingerprint density at radius 3 is 2.45 bits per heavy atom. The van der Waals surface area contributed by atoms with Crippen LogP contribution in [-0.2, 0) is 4.79 Å². The van der Waals surface area contributed by atoms with Crippen molar-refractivity contribution in [3.63, 3.8) is 0 Å². The number of rotatable bonds is 12. The average Bonchev–Trinajstić information content (AvgIpc) is 3.12. The first-order valence-corrected chi connectivity index (χ1v) is 11.2. The van der Waals surface area contributed by atoms with Crippen LogP contribution in [0.25, 0.3) is 0 Å². The van der Waals surface area contributed by atoms with Crippen LogP contribution in [-0.4, -0.2) is 41.4 Å². The first kappa shape index (κ1) is 22.9. The fraction of sp³-hybridized carbons (Fsp3) is 0.500. The number of ether oxygens (including phenoxy) is 1. The van der Waals surface area contributed by atoms with Crippen LogP contribution in [0.5, 0.6) is 5.75 Å². The molecule has 1 N–H and O–H groups in total. The number of hydrogen-bond donors (Lipinski definition) is 1. The lowest BCUT2D eigenvalue weighted by molar-refractivity contribution is -0.116. The Hall–Kier alpha value is -2.41. The molecule has 0 saturated heterocycles. The zero-order chi connectivity index (χ0) is 21.1. The molecule has 2 rings (SSSR count). The number of carbonyl (C=O) groups excluding carboxylic acids is 2. The topological polar surface area (TPSA) is 71.5 Å². The van der Waals surface area contributed by atoms with Gasteiger partial charge in [-0.25, -0.2) is 4.98 Å². The smallest absolute Gasteiger partial charge is 0.254 e. The highest BCUT2D eigenvalue weighted by Gasteiger charge is 2.19. The summed E-state index contributed by atoms with van der Waals surface area (Å²) in [6.45, 7) is 7.33. The van der Waals surface area contributed by atoms with Crippen molar-refractivity contribution >= 4 is 28.3 Å². The van der Waals surface area contributed by atoms with E-state index in [1.807, 2.05) is 24.4 Å². The summed E-state index contributed by atoms with van der Waals surface area (Å²) < 4.78 is 5.66. The number of nitrogens with zero attached hydrogens (tertiary/aromatic N) is 2. The third-order valence-electron chi connectivity index (χ3n) is 4.39. The van der Waals surface area contributed by atoms with Crippen molar-refractivity contribution < 1.29 is 14.3 Å². The van der Waals surface area contributed by atoms with E-state index in [0.717, 1.165) is 43.5 Å². The molecule has 0 atom stereocenters. The number of benzene rings is 1. The maximum atomic E-state index is 13.0. The Morgan fingerprint density at radius 2 is 1.83 bits per heavy atom. The van der Waals surface area contributed by atoms with Gasteiger partial charge in [-0.15, -0.1) is 11.3 Å². The van der Waals surface area contributed by atoms with E-state index in [9.17, 15) is 9.59 Å². The molecule has 7 heteroatoms. The summed E-state index contributed by atoms with van der Waals surface area (Å²) in [6, 6.07) is 7.15. The minimum absolute atomic E-state index is 0.00985. The number of nitrogens with one attached hydrogen (secondary N) is 1. The highest BCUT2D eigenvalue weighted by Crippen LogP contribution is 2.16. The molecule has 0 unspecified atom stereocenters. The number of aryl methyl sites for hydroxylation is 1. The number of hydrogen-bond acceptors (Lipinski definition) is 5. The minimum atomic E-state index is -0.233. The molecule has 0 spiro atoms. The summed E-state index contributed by atoms with van der Waals surface area (Å²) in [6.07, 6.45) is 5.01. The summed E-state index contributed by atoms with van der Waals surface area (Å²) >= 11 is 1.38. The number of unbranched alkanes of at least 4 members (excludes halogenated alkanes) is 3. The SMILES string of the molecule is CCCCCN(CC(=O)Nc1nc(C)cs1)C(=O)c1ccc(OCCCC)cc1. The predicted octanol–water partition coefficient (Wildman–Crippen LogP) is 4.90. The van der Waals surface area contributed by atoms with E-state index in [1.165, 1.54) is 11.3 Å². The number of anilines is 1. The fourth-order valence-corrected chi connectivity index (χ4v) is 3.46. The van der Waals surface area contributed by atoms with Crippen molar-refractivity contribution in [3.8, 4) is 5.75 Å². The van der Waals surface area contributed by atoms with Gasteiger partial charge in [-0.2, -0.15) is 0 Å². The lowest BCUT2D eigenvalue weighted by Crippen LogP contribution is -2.38. The molecule has 1 aromatic heterocycles. The van der Waals surface area contributed by atoms with Crippen LogP contribution in [0.1, 0.15) is 62.0 Å². The van der Waals surface area contributed by atoms with Gasteiger partial charge in [0.05, 0.1) is 12.3 Å². The van der Waals surface area contributed by atoms with Gasteiger partial charge in [0, 0.05) is 17.5 Å². The Bertz CT molecular complexity index is 774. The van der Waals surface area contributed by atoms with Gasteiger partial charge in [0.25, 0.3) is 5.91 Å². The maximum absolute atomic E-state index is 13.0. The van der Waals surface area contributed by atoms with Crippen molar-refractivity contribution in [1.29, 1.82) is 0 Å². The van der Waals surface area contributed by atoms with Crippen LogP contribution in [0.15, 0.2) is 29.6 Å². The van der Waals surface area contributed by atoms with Gasteiger partial charge in [0.1, 0.15) is 12.3 Å². The molecule has 0 aliphatic heterocycles. The Labute approximate surface area is 177 Å². The molecule has 1 heterocycles. The second-order valence-electron chi connectivity index (χ2n) is 7.00. The van der Waals surface area contributed by atoms with Crippen LogP contribution in [0.3, 0.4) is 0 Å². The molecular weight excluding hydrogens is 386 g/mol. The first-order valence-electron chi connectivity index (χ1n) is 10.3. The van der Waals surface area contributed by atoms with Crippen molar-refractivity contribution in [2.24, 2.45) is 0 Å². The van der Waals surface area contributed by atoms with Gasteiger partial charge in [-0.1, -0.05) is 33.1 Å². The quantitative estimate of drug-likeness (QED) is 0.499. The Morgan fingerprint density at radius 1 is 1.10 bits per heavy atom. The van der Waals surface area contributed by atoms with Crippen molar-refractivity contribution in [2.75, 3.05) is 25.0 Å².